The van der Waals surface area contributed by atoms with Gasteiger partial charge in [-0.05, 0) is 68.8 Å². The lowest BCUT2D eigenvalue weighted by atomic mass is 9.92. The van der Waals surface area contributed by atoms with E-state index in [1.54, 1.807) is 12.1 Å². The molecule has 0 amide bonds. The standard InChI is InChI=1S/C17H19FN2S/c1-19-17(9-8-11-10-12(18)6-7-13(11)17)16-20-14-4-2-3-5-15(14)21-16/h6-7,10,19H,2-5,8-9H2,1H3. The van der Waals surface area contributed by atoms with E-state index in [-0.39, 0.29) is 11.4 Å². The molecule has 0 radical (unpaired) electrons. The Labute approximate surface area is 128 Å². The van der Waals surface area contributed by atoms with Gasteiger partial charge in [-0.2, -0.15) is 0 Å². The molecule has 1 aromatic carbocycles. The summed E-state index contributed by atoms with van der Waals surface area (Å²) in [5, 5.41) is 4.67. The van der Waals surface area contributed by atoms with E-state index in [1.165, 1.54) is 40.4 Å². The molecule has 2 aliphatic rings. The van der Waals surface area contributed by atoms with Gasteiger partial charge in [0, 0.05) is 4.88 Å². The summed E-state index contributed by atoms with van der Waals surface area (Å²) in [6.07, 6.45) is 6.70. The first-order valence-corrected chi connectivity index (χ1v) is 8.51. The van der Waals surface area contributed by atoms with Crippen molar-refractivity contribution in [2.45, 2.75) is 44.1 Å². The number of halogens is 1. The number of rotatable bonds is 2. The van der Waals surface area contributed by atoms with Crippen molar-refractivity contribution in [1.29, 1.82) is 0 Å². The fourth-order valence-corrected chi connectivity index (χ4v) is 5.16. The molecule has 1 N–H and O–H groups in total. The van der Waals surface area contributed by atoms with E-state index in [4.69, 9.17) is 4.98 Å². The normalized spacial score (nSPS) is 23.9. The first-order valence-electron chi connectivity index (χ1n) is 7.70. The lowest BCUT2D eigenvalue weighted by Gasteiger charge is -2.28. The van der Waals surface area contributed by atoms with Crippen LogP contribution >= 0.6 is 11.3 Å². The molecule has 1 unspecified atom stereocenters. The van der Waals surface area contributed by atoms with Crippen molar-refractivity contribution in [3.63, 3.8) is 0 Å². The molecule has 21 heavy (non-hydrogen) atoms. The monoisotopic (exact) mass is 302 g/mol. The maximum absolute atomic E-state index is 13.5. The minimum Gasteiger partial charge on any atom is -0.305 e. The number of hydrogen-bond donors (Lipinski definition) is 1. The molecular weight excluding hydrogens is 283 g/mol. The van der Waals surface area contributed by atoms with Gasteiger partial charge in [0.2, 0.25) is 0 Å². The molecule has 4 heteroatoms. The largest absolute Gasteiger partial charge is 0.305 e. The van der Waals surface area contributed by atoms with Gasteiger partial charge in [-0.25, -0.2) is 9.37 Å². The minimum absolute atomic E-state index is 0.140. The van der Waals surface area contributed by atoms with E-state index in [9.17, 15) is 4.39 Å². The summed E-state index contributed by atoms with van der Waals surface area (Å²) in [7, 11) is 2.00. The van der Waals surface area contributed by atoms with Gasteiger partial charge in [-0.1, -0.05) is 6.07 Å². The van der Waals surface area contributed by atoms with Crippen LogP contribution in [0.15, 0.2) is 18.2 Å². The molecule has 2 aromatic rings. The number of aryl methyl sites for hydroxylation is 3. The highest BCUT2D eigenvalue weighted by atomic mass is 32.1. The summed E-state index contributed by atoms with van der Waals surface area (Å²) >= 11 is 1.86. The van der Waals surface area contributed by atoms with E-state index in [0.717, 1.165) is 24.8 Å². The average Bonchev–Trinajstić information content (AvgIpc) is 3.08. The van der Waals surface area contributed by atoms with Crippen molar-refractivity contribution in [2.24, 2.45) is 0 Å². The molecule has 0 saturated carbocycles. The van der Waals surface area contributed by atoms with Crippen LogP contribution in [0, 0.1) is 5.82 Å². The number of aromatic nitrogens is 1. The molecule has 1 aromatic heterocycles. The van der Waals surface area contributed by atoms with E-state index >= 15 is 0 Å². The predicted octanol–water partition coefficient (Wildman–Crippen LogP) is 3.57. The van der Waals surface area contributed by atoms with Crippen LogP contribution in [-0.2, 0) is 24.8 Å². The van der Waals surface area contributed by atoms with E-state index in [1.807, 2.05) is 24.5 Å². The Balaban J connectivity index is 1.84. The molecule has 1 atom stereocenters. The molecule has 0 saturated heterocycles. The van der Waals surface area contributed by atoms with Crippen molar-refractivity contribution in [3.05, 3.63) is 50.7 Å². The maximum atomic E-state index is 13.5. The van der Waals surface area contributed by atoms with Gasteiger partial charge >= 0.3 is 0 Å². The second kappa shape index (κ2) is 4.89. The van der Waals surface area contributed by atoms with Gasteiger partial charge in [0.1, 0.15) is 10.8 Å². The highest BCUT2D eigenvalue weighted by molar-refractivity contribution is 7.12. The van der Waals surface area contributed by atoms with Crippen LogP contribution in [0.3, 0.4) is 0 Å². The number of nitrogens with zero attached hydrogens (tertiary/aromatic N) is 1. The van der Waals surface area contributed by atoms with Crippen molar-refractivity contribution in [2.75, 3.05) is 7.05 Å². The summed E-state index contributed by atoms with van der Waals surface area (Å²) in [4.78, 5) is 6.42. The molecule has 0 spiro atoms. The fraction of sp³-hybridized carbons (Fsp3) is 0.471. The van der Waals surface area contributed by atoms with Gasteiger partial charge in [-0.15, -0.1) is 11.3 Å². The fourth-order valence-electron chi connectivity index (χ4n) is 3.77. The minimum atomic E-state index is -0.217. The molecule has 2 aliphatic carbocycles. The number of hydrogen-bond acceptors (Lipinski definition) is 3. The van der Waals surface area contributed by atoms with Crippen LogP contribution in [0.25, 0.3) is 0 Å². The Morgan fingerprint density at radius 2 is 2.10 bits per heavy atom. The van der Waals surface area contributed by atoms with Crippen molar-refractivity contribution in [1.82, 2.24) is 10.3 Å². The zero-order valence-electron chi connectivity index (χ0n) is 12.2. The highest BCUT2D eigenvalue weighted by Gasteiger charge is 2.42. The summed E-state index contributed by atoms with van der Waals surface area (Å²) in [5.41, 5.74) is 3.41. The van der Waals surface area contributed by atoms with E-state index < -0.39 is 0 Å². The molecule has 1 heterocycles. The second-order valence-electron chi connectivity index (χ2n) is 6.05. The third-order valence-electron chi connectivity index (χ3n) is 4.93. The van der Waals surface area contributed by atoms with Gasteiger partial charge < -0.3 is 5.32 Å². The van der Waals surface area contributed by atoms with Crippen molar-refractivity contribution >= 4 is 11.3 Å². The number of nitrogens with one attached hydrogen (secondary N) is 1. The Morgan fingerprint density at radius 3 is 2.90 bits per heavy atom. The first-order chi connectivity index (χ1) is 10.2. The average molecular weight is 302 g/mol. The van der Waals surface area contributed by atoms with Crippen LogP contribution in [0.2, 0.25) is 0 Å². The molecule has 0 fully saturated rings. The predicted molar refractivity (Wildman–Crippen MR) is 83.3 cm³/mol. The van der Waals surface area contributed by atoms with Crippen LogP contribution in [0.4, 0.5) is 4.39 Å². The second-order valence-corrected chi connectivity index (χ2v) is 7.14. The smallest absolute Gasteiger partial charge is 0.123 e. The molecule has 0 bridgehead atoms. The molecule has 4 rings (SSSR count). The molecule has 110 valence electrons. The number of benzene rings is 1. The Hall–Kier alpha value is -1.26. The lowest BCUT2D eigenvalue weighted by molar-refractivity contribution is 0.433. The topological polar surface area (TPSA) is 24.9 Å². The first kappa shape index (κ1) is 13.4. The third-order valence-corrected chi connectivity index (χ3v) is 6.25. The van der Waals surface area contributed by atoms with Gasteiger partial charge in [-0.3, -0.25) is 0 Å². The van der Waals surface area contributed by atoms with Gasteiger partial charge in [0.15, 0.2) is 0 Å². The van der Waals surface area contributed by atoms with E-state index in [2.05, 4.69) is 5.32 Å². The Morgan fingerprint density at radius 1 is 1.24 bits per heavy atom. The van der Waals surface area contributed by atoms with Crippen LogP contribution in [0.5, 0.6) is 0 Å². The van der Waals surface area contributed by atoms with Crippen LogP contribution in [-0.4, -0.2) is 12.0 Å². The van der Waals surface area contributed by atoms with Gasteiger partial charge in [0.05, 0.1) is 11.2 Å². The zero-order valence-corrected chi connectivity index (χ0v) is 13.0. The number of fused-ring (bicyclic) bond motifs is 2. The van der Waals surface area contributed by atoms with Crippen molar-refractivity contribution < 1.29 is 4.39 Å². The summed E-state index contributed by atoms with van der Waals surface area (Å²) in [6.45, 7) is 0. The molecule has 2 nitrogen and oxygen atoms in total. The zero-order chi connectivity index (χ0) is 14.4. The summed E-state index contributed by atoms with van der Waals surface area (Å²) in [6, 6.07) is 5.19. The van der Waals surface area contributed by atoms with E-state index in [0.29, 0.717) is 0 Å². The Kier molecular flexibility index (Phi) is 3.12. The third kappa shape index (κ3) is 1.96. The summed E-state index contributed by atoms with van der Waals surface area (Å²) < 4.78 is 13.5. The lowest BCUT2D eigenvalue weighted by Crippen LogP contribution is -2.39. The quantitative estimate of drug-likeness (QED) is 0.917. The van der Waals surface area contributed by atoms with Gasteiger partial charge in [0.25, 0.3) is 0 Å². The molecular formula is C17H19FN2S. The molecule has 0 aliphatic heterocycles. The Bertz CT molecular complexity index is 671. The van der Waals surface area contributed by atoms with Crippen molar-refractivity contribution in [3.8, 4) is 0 Å². The maximum Gasteiger partial charge on any atom is 0.123 e. The highest BCUT2D eigenvalue weighted by Crippen LogP contribution is 2.44. The van der Waals surface area contributed by atoms with Crippen LogP contribution < -0.4 is 5.32 Å². The number of thiazole rings is 1. The summed E-state index contributed by atoms with van der Waals surface area (Å²) in [5.74, 6) is -0.140. The van der Waals surface area contributed by atoms with Crippen LogP contribution in [0.1, 0.15) is 46.0 Å². The SMILES string of the molecule is CNC1(c2nc3c(s2)CCCC3)CCc2cc(F)ccc21.